The van der Waals surface area contributed by atoms with Crippen molar-refractivity contribution in [2.24, 2.45) is 5.41 Å². The SMILES string of the molecule is CC(C)(C)OC(=O)N(C1CCCC1)C(C=O)C(C)(C)C. The van der Waals surface area contributed by atoms with Crippen LogP contribution in [0.5, 0.6) is 0 Å². The quantitative estimate of drug-likeness (QED) is 0.740. The van der Waals surface area contributed by atoms with E-state index in [1.165, 1.54) is 0 Å². The van der Waals surface area contributed by atoms with Crippen molar-refractivity contribution >= 4 is 12.4 Å². The highest BCUT2D eigenvalue weighted by molar-refractivity contribution is 5.74. The molecule has 1 atom stereocenters. The third-order valence-electron chi connectivity index (χ3n) is 3.64. The predicted octanol–water partition coefficient (Wildman–Crippen LogP) is 3.78. The van der Waals surface area contributed by atoms with Crippen LogP contribution in [0.4, 0.5) is 4.79 Å². The zero-order valence-corrected chi connectivity index (χ0v) is 13.7. The Labute approximate surface area is 122 Å². The molecule has 0 N–H and O–H groups in total. The Kier molecular flexibility index (Phi) is 5.22. The van der Waals surface area contributed by atoms with E-state index in [0.29, 0.717) is 0 Å². The molecule has 0 aromatic rings. The molecule has 0 bridgehead atoms. The van der Waals surface area contributed by atoms with Crippen LogP contribution in [-0.4, -0.2) is 35.0 Å². The first-order valence-electron chi connectivity index (χ1n) is 7.53. The van der Waals surface area contributed by atoms with Gasteiger partial charge in [-0.05, 0) is 39.0 Å². The Bertz CT molecular complexity index is 346. The summed E-state index contributed by atoms with van der Waals surface area (Å²) in [6.45, 7) is 11.5. The van der Waals surface area contributed by atoms with Crippen molar-refractivity contribution in [1.82, 2.24) is 4.90 Å². The summed E-state index contributed by atoms with van der Waals surface area (Å²) in [6.07, 6.45) is 4.66. The van der Waals surface area contributed by atoms with Crippen molar-refractivity contribution in [2.75, 3.05) is 0 Å². The molecular weight excluding hydrogens is 254 g/mol. The normalized spacial score (nSPS) is 18.7. The fraction of sp³-hybridized carbons (Fsp3) is 0.875. The van der Waals surface area contributed by atoms with Crippen LogP contribution in [0.1, 0.15) is 67.2 Å². The maximum atomic E-state index is 12.5. The first-order valence-corrected chi connectivity index (χ1v) is 7.53. The topological polar surface area (TPSA) is 46.6 Å². The lowest BCUT2D eigenvalue weighted by molar-refractivity contribution is -0.117. The molecule has 116 valence electrons. The number of nitrogens with zero attached hydrogens (tertiary/aromatic N) is 1. The van der Waals surface area contributed by atoms with Crippen LogP contribution in [-0.2, 0) is 9.53 Å². The molecule has 1 rings (SSSR count). The first-order chi connectivity index (χ1) is 9.06. The Morgan fingerprint density at radius 2 is 1.65 bits per heavy atom. The third kappa shape index (κ3) is 4.50. The van der Waals surface area contributed by atoms with E-state index >= 15 is 0 Å². The highest BCUT2D eigenvalue weighted by Crippen LogP contribution is 2.32. The molecular formula is C16H29NO3. The van der Waals surface area contributed by atoms with Crippen LogP contribution in [0.25, 0.3) is 0 Å². The van der Waals surface area contributed by atoms with E-state index < -0.39 is 11.6 Å². The molecule has 0 spiro atoms. The molecule has 4 nitrogen and oxygen atoms in total. The summed E-state index contributed by atoms with van der Waals surface area (Å²) >= 11 is 0. The lowest BCUT2D eigenvalue weighted by Gasteiger charge is -2.40. The minimum Gasteiger partial charge on any atom is -0.444 e. The van der Waals surface area contributed by atoms with Gasteiger partial charge in [0, 0.05) is 6.04 Å². The van der Waals surface area contributed by atoms with Gasteiger partial charge in [0.25, 0.3) is 0 Å². The van der Waals surface area contributed by atoms with Gasteiger partial charge in [-0.3, -0.25) is 4.90 Å². The van der Waals surface area contributed by atoms with Gasteiger partial charge in [0.2, 0.25) is 0 Å². The first kappa shape index (κ1) is 17.0. The monoisotopic (exact) mass is 283 g/mol. The fourth-order valence-corrected chi connectivity index (χ4v) is 2.67. The maximum absolute atomic E-state index is 12.5. The molecule has 0 heterocycles. The molecule has 0 aromatic heterocycles. The smallest absolute Gasteiger partial charge is 0.411 e. The van der Waals surface area contributed by atoms with Gasteiger partial charge in [-0.25, -0.2) is 4.79 Å². The van der Waals surface area contributed by atoms with Crippen LogP contribution >= 0.6 is 0 Å². The Balaban J connectivity index is 3.01. The second kappa shape index (κ2) is 6.15. The second-order valence-electron chi connectivity index (χ2n) is 7.77. The zero-order chi connectivity index (χ0) is 15.6. The number of hydrogen-bond acceptors (Lipinski definition) is 3. The number of ether oxygens (including phenoxy) is 1. The lowest BCUT2D eigenvalue weighted by atomic mass is 9.85. The number of carbonyl (C=O) groups is 2. The molecule has 0 aliphatic heterocycles. The van der Waals surface area contributed by atoms with Crippen LogP contribution in [0.15, 0.2) is 0 Å². The Hall–Kier alpha value is -1.06. The average molecular weight is 283 g/mol. The van der Waals surface area contributed by atoms with Crippen molar-refractivity contribution in [3.63, 3.8) is 0 Å². The van der Waals surface area contributed by atoms with Gasteiger partial charge < -0.3 is 9.53 Å². The molecule has 1 fully saturated rings. The largest absolute Gasteiger partial charge is 0.444 e. The summed E-state index contributed by atoms with van der Waals surface area (Å²) in [5.74, 6) is 0. The van der Waals surface area contributed by atoms with Gasteiger partial charge in [-0.15, -0.1) is 0 Å². The molecule has 0 aromatic carbocycles. The molecule has 0 saturated heterocycles. The molecule has 1 amide bonds. The van der Waals surface area contributed by atoms with Crippen molar-refractivity contribution in [3.8, 4) is 0 Å². The summed E-state index contributed by atoms with van der Waals surface area (Å²) in [5.41, 5.74) is -0.833. The highest BCUT2D eigenvalue weighted by atomic mass is 16.6. The van der Waals surface area contributed by atoms with Crippen molar-refractivity contribution in [3.05, 3.63) is 0 Å². The summed E-state index contributed by atoms with van der Waals surface area (Å²) in [5, 5.41) is 0. The molecule has 1 unspecified atom stereocenters. The predicted molar refractivity (Wildman–Crippen MR) is 79.6 cm³/mol. The second-order valence-corrected chi connectivity index (χ2v) is 7.77. The molecule has 1 aliphatic carbocycles. The molecule has 4 heteroatoms. The third-order valence-corrected chi connectivity index (χ3v) is 3.64. The van der Waals surface area contributed by atoms with Crippen molar-refractivity contribution < 1.29 is 14.3 Å². The number of carbonyl (C=O) groups excluding carboxylic acids is 2. The van der Waals surface area contributed by atoms with E-state index in [-0.39, 0.29) is 17.6 Å². The Morgan fingerprint density at radius 1 is 1.15 bits per heavy atom. The van der Waals surface area contributed by atoms with Gasteiger partial charge in [0.05, 0.1) is 6.04 Å². The van der Waals surface area contributed by atoms with Gasteiger partial charge in [0.15, 0.2) is 0 Å². The van der Waals surface area contributed by atoms with E-state index in [2.05, 4.69) is 0 Å². The van der Waals surface area contributed by atoms with Crippen molar-refractivity contribution in [2.45, 2.75) is 84.9 Å². The minimum atomic E-state index is -0.542. The molecule has 1 aliphatic rings. The van der Waals surface area contributed by atoms with E-state index in [9.17, 15) is 9.59 Å². The Morgan fingerprint density at radius 3 is 2.00 bits per heavy atom. The standard InChI is InChI=1S/C16H29NO3/c1-15(2,3)13(11-18)17(12-9-7-8-10-12)14(19)20-16(4,5)6/h11-13H,7-10H2,1-6H3. The molecule has 0 radical (unpaired) electrons. The minimum absolute atomic E-state index is 0.124. The van der Waals surface area contributed by atoms with E-state index in [1.54, 1.807) is 4.90 Å². The lowest BCUT2D eigenvalue weighted by Crippen LogP contribution is -2.54. The van der Waals surface area contributed by atoms with E-state index in [0.717, 1.165) is 32.0 Å². The van der Waals surface area contributed by atoms with E-state index in [1.807, 2.05) is 41.5 Å². The number of aldehydes is 1. The summed E-state index contributed by atoms with van der Waals surface area (Å²) < 4.78 is 5.52. The average Bonchev–Trinajstić information content (AvgIpc) is 2.73. The maximum Gasteiger partial charge on any atom is 0.411 e. The van der Waals surface area contributed by atoms with Gasteiger partial charge in [0.1, 0.15) is 11.9 Å². The van der Waals surface area contributed by atoms with E-state index in [4.69, 9.17) is 4.74 Å². The zero-order valence-electron chi connectivity index (χ0n) is 13.7. The summed E-state index contributed by atoms with van der Waals surface area (Å²) in [4.78, 5) is 25.8. The summed E-state index contributed by atoms with van der Waals surface area (Å²) in [7, 11) is 0. The molecule has 1 saturated carbocycles. The van der Waals surface area contributed by atoms with Gasteiger partial charge in [-0.2, -0.15) is 0 Å². The number of rotatable bonds is 3. The number of amides is 1. The van der Waals surface area contributed by atoms with Crippen LogP contribution in [0.2, 0.25) is 0 Å². The fourth-order valence-electron chi connectivity index (χ4n) is 2.67. The van der Waals surface area contributed by atoms with Crippen molar-refractivity contribution in [1.29, 1.82) is 0 Å². The van der Waals surface area contributed by atoms with Crippen LogP contribution < -0.4 is 0 Å². The van der Waals surface area contributed by atoms with Crippen LogP contribution in [0.3, 0.4) is 0 Å². The van der Waals surface area contributed by atoms with Crippen LogP contribution in [0, 0.1) is 5.41 Å². The number of hydrogen-bond donors (Lipinski definition) is 0. The van der Waals surface area contributed by atoms with Gasteiger partial charge in [-0.1, -0.05) is 33.6 Å². The molecule has 20 heavy (non-hydrogen) atoms. The summed E-state index contributed by atoms with van der Waals surface area (Å²) in [6, 6.07) is -0.320. The van der Waals surface area contributed by atoms with Gasteiger partial charge >= 0.3 is 6.09 Å². The highest BCUT2D eigenvalue weighted by Gasteiger charge is 2.40.